The van der Waals surface area contributed by atoms with Crippen LogP contribution >= 0.6 is 0 Å². The van der Waals surface area contributed by atoms with Gasteiger partial charge in [-0.25, -0.2) is 0 Å². The molecule has 0 aliphatic rings. The van der Waals surface area contributed by atoms with Crippen LogP contribution in [-0.2, 0) is 13.1 Å². The molecule has 1 aromatic heterocycles. The highest BCUT2D eigenvalue weighted by Gasteiger charge is 2.05. The van der Waals surface area contributed by atoms with Gasteiger partial charge in [0.15, 0.2) is 0 Å². The van der Waals surface area contributed by atoms with Crippen LogP contribution in [-0.4, -0.2) is 9.77 Å². The Morgan fingerprint density at radius 1 is 0.905 bits per heavy atom. The molecule has 0 fully saturated rings. The van der Waals surface area contributed by atoms with Crippen LogP contribution in [0.25, 0.3) is 0 Å². The van der Waals surface area contributed by atoms with E-state index in [1.165, 1.54) is 11.1 Å². The van der Waals surface area contributed by atoms with E-state index in [1.807, 2.05) is 52.1 Å². The van der Waals surface area contributed by atoms with E-state index in [0.29, 0.717) is 0 Å². The van der Waals surface area contributed by atoms with E-state index >= 15 is 0 Å². The lowest BCUT2D eigenvalue weighted by Crippen LogP contribution is -3.00. The third kappa shape index (κ3) is 4.43. The van der Waals surface area contributed by atoms with Crippen LogP contribution in [0.3, 0.4) is 0 Å². The van der Waals surface area contributed by atoms with Crippen LogP contribution in [0.15, 0.2) is 73.3 Å². The van der Waals surface area contributed by atoms with Gasteiger partial charge in [0.2, 0.25) is 6.33 Å². The minimum atomic E-state index is 0. The summed E-state index contributed by atoms with van der Waals surface area (Å²) in [6, 6.07) is 20.6. The lowest BCUT2D eigenvalue weighted by molar-refractivity contribution is -0.744. The van der Waals surface area contributed by atoms with Crippen molar-refractivity contribution >= 4 is 0 Å². The molecule has 0 aliphatic carbocycles. The summed E-state index contributed by atoms with van der Waals surface area (Å²) in [7, 11) is 0. The van der Waals surface area contributed by atoms with Crippen molar-refractivity contribution in [3.05, 3.63) is 84.4 Å². The van der Waals surface area contributed by atoms with Gasteiger partial charge in [-0.15, -0.1) is 9.36 Å². The number of hydrogen-bond acceptors (Lipinski definition) is 2. The first-order chi connectivity index (χ1) is 9.90. The predicted molar refractivity (Wildman–Crippen MR) is 77.5 cm³/mol. The maximum absolute atomic E-state index is 4.34. The van der Waals surface area contributed by atoms with Crippen molar-refractivity contribution in [3.8, 4) is 0 Å². The molecule has 0 unspecified atom stereocenters. The minimum absolute atomic E-state index is 0. The topological polar surface area (TPSA) is 33.7 Å². The molecule has 3 rings (SSSR count). The van der Waals surface area contributed by atoms with E-state index in [0.717, 1.165) is 13.1 Å². The summed E-state index contributed by atoms with van der Waals surface area (Å²) in [6.45, 7) is 1.56. The zero-order valence-electron chi connectivity index (χ0n) is 11.6. The largest absolute Gasteiger partial charge is 1.00 e. The second-order valence-corrected chi connectivity index (χ2v) is 4.66. The van der Waals surface area contributed by atoms with Gasteiger partial charge in [0, 0.05) is 0 Å². The second kappa shape index (κ2) is 7.59. The third-order valence-corrected chi connectivity index (χ3v) is 3.08. The summed E-state index contributed by atoms with van der Waals surface area (Å²) in [6.07, 6.45) is 3.74. The molecule has 1 N–H and O–H groups in total. The molecule has 0 amide bonds. The third-order valence-electron chi connectivity index (χ3n) is 3.08. The highest BCUT2D eigenvalue weighted by Crippen LogP contribution is 1.98. The number of nitrogens with one attached hydrogen (secondary N) is 1. The highest BCUT2D eigenvalue weighted by atomic mass is 79.9. The number of halogens is 1. The Morgan fingerprint density at radius 2 is 1.52 bits per heavy atom. The molecule has 1 heterocycles. The van der Waals surface area contributed by atoms with Crippen LogP contribution in [0.4, 0.5) is 0 Å². The smallest absolute Gasteiger partial charge is 0.289 e. The minimum Gasteiger partial charge on any atom is -1.00 e. The molecule has 0 saturated carbocycles. The molecule has 0 saturated heterocycles. The molecule has 21 heavy (non-hydrogen) atoms. The Labute approximate surface area is 134 Å². The fourth-order valence-corrected chi connectivity index (χ4v) is 2.04. The molecular weight excluding hydrogens is 328 g/mol. The van der Waals surface area contributed by atoms with Crippen molar-refractivity contribution in [2.75, 3.05) is 5.43 Å². The van der Waals surface area contributed by atoms with Crippen molar-refractivity contribution < 1.29 is 21.7 Å². The van der Waals surface area contributed by atoms with Crippen LogP contribution in [0, 0.1) is 0 Å². The number of hydrogen-bond donors (Lipinski definition) is 1. The molecule has 0 bridgehead atoms. The number of benzene rings is 2. The van der Waals surface area contributed by atoms with Crippen LogP contribution in [0.2, 0.25) is 0 Å². The molecule has 0 atom stereocenters. The molecule has 0 aliphatic heterocycles. The molecule has 0 radical (unpaired) electrons. The number of aromatic nitrogens is 3. The van der Waals surface area contributed by atoms with E-state index in [1.54, 1.807) is 6.33 Å². The molecule has 4 nitrogen and oxygen atoms in total. The molecular formula is C16H17BrN4. The van der Waals surface area contributed by atoms with E-state index in [9.17, 15) is 0 Å². The van der Waals surface area contributed by atoms with Crippen LogP contribution in [0.1, 0.15) is 11.1 Å². The SMILES string of the molecule is [Br-].c1ccc(CNn2cn[n+](Cc3ccccc3)c2)cc1. The number of nitrogens with zero attached hydrogens (tertiary/aromatic N) is 3. The van der Waals surface area contributed by atoms with Crippen molar-refractivity contribution in [1.29, 1.82) is 0 Å². The Kier molecular flexibility index (Phi) is 5.51. The van der Waals surface area contributed by atoms with E-state index in [2.05, 4.69) is 34.8 Å². The van der Waals surface area contributed by atoms with Crippen LogP contribution < -0.4 is 27.1 Å². The second-order valence-electron chi connectivity index (χ2n) is 4.66. The Morgan fingerprint density at radius 3 is 2.19 bits per heavy atom. The fraction of sp³-hybridized carbons (Fsp3) is 0.125. The quantitative estimate of drug-likeness (QED) is 0.600. The van der Waals surface area contributed by atoms with Crippen molar-refractivity contribution in [1.82, 2.24) is 9.77 Å². The zero-order chi connectivity index (χ0) is 13.6. The van der Waals surface area contributed by atoms with Gasteiger partial charge in [0.05, 0.1) is 6.54 Å². The lowest BCUT2D eigenvalue weighted by Gasteiger charge is -2.00. The maximum Gasteiger partial charge on any atom is 0.289 e. The van der Waals surface area contributed by atoms with E-state index in [4.69, 9.17) is 0 Å². The summed E-state index contributed by atoms with van der Waals surface area (Å²) in [4.78, 5) is 0. The monoisotopic (exact) mass is 344 g/mol. The normalized spacial score (nSPS) is 9.90. The Bertz CT molecular complexity index is 652. The van der Waals surface area contributed by atoms with E-state index < -0.39 is 0 Å². The molecule has 3 aromatic rings. The standard InChI is InChI=1S/C16H17N4.BrH/c1-3-7-15(8-4-1)11-17-20-13-18-19(14-20)12-16-9-5-2-6-10-16;/h1-10,13-14,17H,11-12H2;1H/q+1;/p-1. The first kappa shape index (κ1) is 15.3. The average Bonchev–Trinajstić information content (AvgIpc) is 2.95. The Hall–Kier alpha value is -2.14. The van der Waals surface area contributed by atoms with Gasteiger partial charge in [-0.3, -0.25) is 5.43 Å². The van der Waals surface area contributed by atoms with Gasteiger partial charge in [0.1, 0.15) is 6.54 Å². The molecule has 5 heteroatoms. The van der Waals surface area contributed by atoms with Gasteiger partial charge in [-0.1, -0.05) is 60.7 Å². The maximum atomic E-state index is 4.34. The summed E-state index contributed by atoms with van der Waals surface area (Å²) in [5.41, 5.74) is 5.79. The fourth-order valence-electron chi connectivity index (χ4n) is 2.04. The Balaban J connectivity index is 0.00000161. The summed E-state index contributed by atoms with van der Waals surface area (Å²) >= 11 is 0. The first-order valence-electron chi connectivity index (χ1n) is 6.65. The summed E-state index contributed by atoms with van der Waals surface area (Å²) in [5.74, 6) is 0. The van der Waals surface area contributed by atoms with Crippen molar-refractivity contribution in [2.45, 2.75) is 13.1 Å². The molecule has 108 valence electrons. The lowest BCUT2D eigenvalue weighted by atomic mass is 10.2. The number of rotatable bonds is 5. The van der Waals surface area contributed by atoms with Gasteiger partial charge in [-0.05, 0) is 16.2 Å². The summed E-state index contributed by atoms with van der Waals surface area (Å²) < 4.78 is 3.79. The highest BCUT2D eigenvalue weighted by molar-refractivity contribution is 5.15. The summed E-state index contributed by atoms with van der Waals surface area (Å²) in [5, 5.41) is 4.34. The molecule has 0 spiro atoms. The molecule has 2 aromatic carbocycles. The zero-order valence-corrected chi connectivity index (χ0v) is 13.1. The van der Waals surface area contributed by atoms with Crippen molar-refractivity contribution in [3.63, 3.8) is 0 Å². The van der Waals surface area contributed by atoms with E-state index in [-0.39, 0.29) is 17.0 Å². The van der Waals surface area contributed by atoms with Crippen LogP contribution in [0.5, 0.6) is 0 Å². The predicted octanol–water partition coefficient (Wildman–Crippen LogP) is -1.03. The van der Waals surface area contributed by atoms with Gasteiger partial charge >= 0.3 is 0 Å². The van der Waals surface area contributed by atoms with Gasteiger partial charge < -0.3 is 17.0 Å². The first-order valence-corrected chi connectivity index (χ1v) is 6.65. The van der Waals surface area contributed by atoms with Crippen molar-refractivity contribution in [2.24, 2.45) is 0 Å². The van der Waals surface area contributed by atoms with Gasteiger partial charge in [-0.2, -0.15) is 0 Å². The average molecular weight is 345 g/mol. The van der Waals surface area contributed by atoms with Gasteiger partial charge in [0.25, 0.3) is 6.33 Å².